The Balaban J connectivity index is 2.24. The quantitative estimate of drug-likeness (QED) is 0.604. The molecule has 0 aliphatic carbocycles. The van der Waals surface area contributed by atoms with E-state index in [1.807, 2.05) is 0 Å². The zero-order chi connectivity index (χ0) is 8.81. The van der Waals surface area contributed by atoms with Gasteiger partial charge in [-0.1, -0.05) is 12.8 Å². The molecule has 0 aromatic carbocycles. The van der Waals surface area contributed by atoms with Gasteiger partial charge in [0.15, 0.2) is 0 Å². The van der Waals surface area contributed by atoms with E-state index in [2.05, 4.69) is 23.5 Å². The zero-order valence-corrected chi connectivity index (χ0v) is 7.77. The zero-order valence-electron chi connectivity index (χ0n) is 7.77. The first-order chi connectivity index (χ1) is 5.86. The van der Waals surface area contributed by atoms with Crippen LogP contribution in [0.4, 0.5) is 0 Å². The summed E-state index contributed by atoms with van der Waals surface area (Å²) in [4.78, 5) is 0. The normalized spacial score (nSPS) is 26.2. The predicted octanol–water partition coefficient (Wildman–Crippen LogP) is 0.740. The molecule has 1 fully saturated rings. The van der Waals surface area contributed by atoms with Crippen molar-refractivity contribution in [3.63, 3.8) is 0 Å². The molecule has 12 heavy (non-hydrogen) atoms. The molecule has 1 aliphatic rings. The molecule has 0 amide bonds. The topological polar surface area (TPSA) is 24.1 Å². The maximum atomic E-state index is 5.37. The maximum absolute atomic E-state index is 5.37. The summed E-state index contributed by atoms with van der Waals surface area (Å²) in [7, 11) is 0. The highest BCUT2D eigenvalue weighted by Crippen LogP contribution is 2.03. The Labute approximate surface area is 75.1 Å². The highest BCUT2D eigenvalue weighted by Gasteiger charge is 2.14. The first kappa shape index (κ1) is 9.57. The summed E-state index contributed by atoms with van der Waals surface area (Å²) < 4.78 is 0. The van der Waals surface area contributed by atoms with Gasteiger partial charge in [0.1, 0.15) is 0 Å². The Bertz CT molecular complexity index is 154. The molecule has 1 saturated heterocycles. The van der Waals surface area contributed by atoms with Gasteiger partial charge in [-0.05, 0) is 25.8 Å². The third-order valence-corrected chi connectivity index (χ3v) is 2.34. The third-order valence-electron chi connectivity index (χ3n) is 2.34. The minimum Gasteiger partial charge on any atom is -0.315 e. The van der Waals surface area contributed by atoms with E-state index in [4.69, 9.17) is 6.42 Å². The van der Waals surface area contributed by atoms with Crippen molar-refractivity contribution in [2.75, 3.05) is 13.1 Å². The van der Waals surface area contributed by atoms with Crippen molar-refractivity contribution in [2.24, 2.45) is 0 Å². The lowest BCUT2D eigenvalue weighted by molar-refractivity contribution is 0.371. The summed E-state index contributed by atoms with van der Waals surface area (Å²) in [6.45, 7) is 4.34. The first-order valence-corrected chi connectivity index (χ1v) is 4.79. The van der Waals surface area contributed by atoms with Crippen LogP contribution in [-0.4, -0.2) is 25.2 Å². The molecule has 2 unspecified atom stereocenters. The second-order valence-electron chi connectivity index (χ2n) is 3.34. The predicted molar refractivity (Wildman–Crippen MR) is 51.9 cm³/mol. The molecular formula is C10H18N2. The van der Waals surface area contributed by atoms with Crippen LogP contribution in [0.5, 0.6) is 0 Å². The van der Waals surface area contributed by atoms with Crippen molar-refractivity contribution < 1.29 is 0 Å². The van der Waals surface area contributed by atoms with Crippen LogP contribution in [0, 0.1) is 12.3 Å². The van der Waals surface area contributed by atoms with Crippen LogP contribution in [0.3, 0.4) is 0 Å². The van der Waals surface area contributed by atoms with Gasteiger partial charge in [0.25, 0.3) is 0 Å². The smallest absolute Gasteiger partial charge is 0.0686 e. The Morgan fingerprint density at radius 1 is 1.75 bits per heavy atom. The van der Waals surface area contributed by atoms with E-state index < -0.39 is 0 Å². The maximum Gasteiger partial charge on any atom is 0.0686 e. The molecule has 0 aromatic heterocycles. The molecule has 1 rings (SSSR count). The summed E-state index contributed by atoms with van der Waals surface area (Å²) in [6, 6.07) is 0.842. The van der Waals surface area contributed by atoms with Gasteiger partial charge in [0.2, 0.25) is 0 Å². The average molecular weight is 166 g/mol. The Hall–Kier alpha value is -0.520. The minimum atomic E-state index is 0.259. The fraction of sp³-hybridized carbons (Fsp3) is 0.800. The monoisotopic (exact) mass is 166 g/mol. The van der Waals surface area contributed by atoms with E-state index in [9.17, 15) is 0 Å². The fourth-order valence-corrected chi connectivity index (χ4v) is 1.56. The van der Waals surface area contributed by atoms with Crippen molar-refractivity contribution in [3.8, 4) is 12.3 Å². The molecule has 2 atom stereocenters. The summed E-state index contributed by atoms with van der Waals surface area (Å²) >= 11 is 0. The van der Waals surface area contributed by atoms with Crippen LogP contribution in [0.25, 0.3) is 0 Å². The minimum absolute atomic E-state index is 0.259. The lowest BCUT2D eigenvalue weighted by Crippen LogP contribution is -2.46. The fourth-order valence-electron chi connectivity index (χ4n) is 1.56. The van der Waals surface area contributed by atoms with Crippen molar-refractivity contribution in [3.05, 3.63) is 0 Å². The van der Waals surface area contributed by atoms with E-state index in [1.165, 1.54) is 12.8 Å². The largest absolute Gasteiger partial charge is 0.315 e. The number of nitrogens with one attached hydrogen (secondary N) is 2. The number of piperidine rings is 1. The molecule has 2 nitrogen and oxygen atoms in total. The molecule has 2 heteroatoms. The highest BCUT2D eigenvalue weighted by atomic mass is 15.0. The van der Waals surface area contributed by atoms with Crippen LogP contribution < -0.4 is 10.6 Å². The van der Waals surface area contributed by atoms with Crippen molar-refractivity contribution in [1.82, 2.24) is 10.6 Å². The van der Waals surface area contributed by atoms with Crippen molar-refractivity contribution >= 4 is 0 Å². The van der Waals surface area contributed by atoms with Gasteiger partial charge in [0.05, 0.1) is 6.04 Å². The molecule has 0 radical (unpaired) electrons. The van der Waals surface area contributed by atoms with Gasteiger partial charge in [-0.2, -0.15) is 0 Å². The lowest BCUT2D eigenvalue weighted by atomic mass is 10.1. The number of hydrogen-bond acceptors (Lipinski definition) is 2. The molecule has 0 bridgehead atoms. The molecule has 0 spiro atoms. The highest BCUT2D eigenvalue weighted by molar-refractivity contribution is 4.99. The lowest BCUT2D eigenvalue weighted by Gasteiger charge is -2.26. The van der Waals surface area contributed by atoms with E-state index in [0.29, 0.717) is 6.04 Å². The average Bonchev–Trinajstić information content (AvgIpc) is 2.16. The van der Waals surface area contributed by atoms with Gasteiger partial charge in [-0.25, -0.2) is 0 Å². The summed E-state index contributed by atoms with van der Waals surface area (Å²) in [5, 5.41) is 6.81. The van der Waals surface area contributed by atoms with Gasteiger partial charge >= 0.3 is 0 Å². The van der Waals surface area contributed by atoms with Gasteiger partial charge in [-0.3, -0.25) is 5.32 Å². The van der Waals surface area contributed by atoms with Gasteiger partial charge in [-0.15, -0.1) is 6.42 Å². The van der Waals surface area contributed by atoms with E-state index in [-0.39, 0.29) is 6.04 Å². The van der Waals surface area contributed by atoms with Gasteiger partial charge in [0, 0.05) is 12.6 Å². The molecule has 1 aliphatic heterocycles. The van der Waals surface area contributed by atoms with Crippen molar-refractivity contribution in [1.29, 1.82) is 0 Å². The molecular weight excluding hydrogens is 148 g/mol. The second kappa shape index (κ2) is 5.18. The summed E-state index contributed by atoms with van der Waals surface area (Å²) in [6.07, 6.45) is 8.91. The Morgan fingerprint density at radius 2 is 2.58 bits per heavy atom. The Kier molecular flexibility index (Phi) is 4.13. The summed E-state index contributed by atoms with van der Waals surface area (Å²) in [5.41, 5.74) is 0. The molecule has 0 saturated carbocycles. The third kappa shape index (κ3) is 2.84. The van der Waals surface area contributed by atoms with Crippen LogP contribution in [-0.2, 0) is 0 Å². The van der Waals surface area contributed by atoms with Crippen LogP contribution in [0.2, 0.25) is 0 Å². The van der Waals surface area contributed by atoms with Crippen LogP contribution >= 0.6 is 0 Å². The molecule has 2 N–H and O–H groups in total. The first-order valence-electron chi connectivity index (χ1n) is 4.79. The van der Waals surface area contributed by atoms with Crippen molar-refractivity contribution in [2.45, 2.75) is 38.3 Å². The number of rotatable bonds is 3. The summed E-state index contributed by atoms with van der Waals surface area (Å²) in [5.74, 6) is 2.76. The standard InChI is InChI=1S/C10H18N2/c1-3-9(4-2)12-10-6-5-7-11-8-10/h1,9-12H,4-8H2,2H3. The molecule has 68 valence electrons. The van der Waals surface area contributed by atoms with E-state index in [0.717, 1.165) is 19.5 Å². The van der Waals surface area contributed by atoms with Crippen LogP contribution in [0.1, 0.15) is 26.2 Å². The van der Waals surface area contributed by atoms with E-state index in [1.54, 1.807) is 0 Å². The van der Waals surface area contributed by atoms with Crippen LogP contribution in [0.15, 0.2) is 0 Å². The number of hydrogen-bond donors (Lipinski definition) is 2. The SMILES string of the molecule is C#CC(CC)NC1CCCNC1. The van der Waals surface area contributed by atoms with Gasteiger partial charge < -0.3 is 5.32 Å². The molecule has 0 aromatic rings. The van der Waals surface area contributed by atoms with E-state index >= 15 is 0 Å². The number of terminal acetylenes is 1. The second-order valence-corrected chi connectivity index (χ2v) is 3.34. The Morgan fingerprint density at radius 3 is 3.08 bits per heavy atom. The molecule has 1 heterocycles.